The van der Waals surface area contributed by atoms with Crippen LogP contribution < -0.4 is 14.4 Å². The summed E-state index contributed by atoms with van der Waals surface area (Å²) in [4.78, 5) is 12.8. The number of benzene rings is 3. The number of ether oxygens (including phenoxy) is 1. The van der Waals surface area contributed by atoms with Gasteiger partial charge in [-0.3, -0.25) is 9.10 Å². The van der Waals surface area contributed by atoms with Crippen LogP contribution in [0.1, 0.15) is 18.1 Å². The number of nitrogens with one attached hydrogen (secondary N) is 1. The van der Waals surface area contributed by atoms with E-state index in [4.69, 9.17) is 16.3 Å². The van der Waals surface area contributed by atoms with Crippen molar-refractivity contribution in [2.45, 2.75) is 25.3 Å². The van der Waals surface area contributed by atoms with Gasteiger partial charge in [0, 0.05) is 11.6 Å². The number of rotatable bonds is 9. The summed E-state index contributed by atoms with van der Waals surface area (Å²) in [5, 5.41) is 3.16. The summed E-state index contributed by atoms with van der Waals surface area (Å²) < 4.78 is 33.2. The maximum absolute atomic E-state index is 13.4. The molecule has 1 amide bonds. The first-order valence-corrected chi connectivity index (χ1v) is 11.9. The maximum atomic E-state index is 13.4. The number of hydrogen-bond donors (Lipinski definition) is 1. The molecular weight excluding hydrogens is 448 g/mol. The predicted molar refractivity (Wildman–Crippen MR) is 127 cm³/mol. The fourth-order valence-corrected chi connectivity index (χ4v) is 4.64. The van der Waals surface area contributed by atoms with Crippen molar-refractivity contribution >= 4 is 33.2 Å². The normalized spacial score (nSPS) is 11.1. The fourth-order valence-electron chi connectivity index (χ4n) is 3.04. The maximum Gasteiger partial charge on any atom is 0.264 e. The molecule has 3 aromatic rings. The number of carbonyl (C=O) groups excluding carboxylic acids is 1. The van der Waals surface area contributed by atoms with Gasteiger partial charge in [0.1, 0.15) is 12.3 Å². The standard InChI is InChI=1S/C24H25ClN2O4S/c1-3-31-22-11-9-19(10-12-22)16-26-24(28)17-27(21-6-4-5-20(25)15-21)32(29,30)23-13-7-18(2)8-14-23/h4-15H,3,16-17H2,1-2H3,(H,26,28). The number of hydrogen-bond acceptors (Lipinski definition) is 4. The Bertz CT molecular complexity index is 1160. The van der Waals surface area contributed by atoms with E-state index in [0.717, 1.165) is 21.2 Å². The van der Waals surface area contributed by atoms with Crippen LogP contribution in [0.2, 0.25) is 5.02 Å². The minimum atomic E-state index is -3.98. The lowest BCUT2D eigenvalue weighted by molar-refractivity contribution is -0.119. The molecule has 6 nitrogen and oxygen atoms in total. The highest BCUT2D eigenvalue weighted by Crippen LogP contribution is 2.26. The second-order valence-corrected chi connectivity index (χ2v) is 9.46. The van der Waals surface area contributed by atoms with Gasteiger partial charge in [0.15, 0.2) is 0 Å². The highest BCUT2D eigenvalue weighted by atomic mass is 35.5. The summed E-state index contributed by atoms with van der Waals surface area (Å²) in [5.74, 6) is 0.313. The van der Waals surface area contributed by atoms with Crippen LogP contribution in [0.15, 0.2) is 77.7 Å². The van der Waals surface area contributed by atoms with E-state index in [9.17, 15) is 13.2 Å². The van der Waals surface area contributed by atoms with E-state index in [1.165, 1.54) is 18.2 Å². The molecule has 0 bridgehead atoms. The van der Waals surface area contributed by atoms with Crippen LogP contribution in [0, 0.1) is 6.92 Å². The Morgan fingerprint density at radius 1 is 1.03 bits per heavy atom. The number of nitrogens with zero attached hydrogens (tertiary/aromatic N) is 1. The number of anilines is 1. The van der Waals surface area contributed by atoms with E-state index in [-0.39, 0.29) is 18.0 Å². The van der Waals surface area contributed by atoms with Crippen LogP contribution in [0.25, 0.3) is 0 Å². The first kappa shape index (κ1) is 23.6. The van der Waals surface area contributed by atoms with Crippen molar-refractivity contribution in [1.82, 2.24) is 5.32 Å². The first-order valence-electron chi connectivity index (χ1n) is 10.1. The molecule has 0 unspecified atom stereocenters. The number of amides is 1. The van der Waals surface area contributed by atoms with E-state index in [1.807, 2.05) is 38.1 Å². The summed E-state index contributed by atoms with van der Waals surface area (Å²) >= 11 is 6.09. The molecule has 0 spiro atoms. The van der Waals surface area contributed by atoms with Crippen molar-refractivity contribution in [2.24, 2.45) is 0 Å². The van der Waals surface area contributed by atoms with Gasteiger partial charge in [0.2, 0.25) is 5.91 Å². The number of sulfonamides is 1. The minimum absolute atomic E-state index is 0.0994. The third kappa shape index (κ3) is 6.02. The van der Waals surface area contributed by atoms with Crippen molar-refractivity contribution in [3.63, 3.8) is 0 Å². The summed E-state index contributed by atoms with van der Waals surface area (Å²) in [6.45, 7) is 4.24. The van der Waals surface area contributed by atoms with Gasteiger partial charge in [-0.2, -0.15) is 0 Å². The van der Waals surface area contributed by atoms with Crippen molar-refractivity contribution in [3.05, 3.63) is 88.9 Å². The Labute approximate surface area is 193 Å². The average Bonchev–Trinajstić information content (AvgIpc) is 2.77. The van der Waals surface area contributed by atoms with Crippen LogP contribution in [0.4, 0.5) is 5.69 Å². The molecule has 8 heteroatoms. The molecule has 0 aliphatic carbocycles. The van der Waals surface area contributed by atoms with Gasteiger partial charge >= 0.3 is 0 Å². The summed E-state index contributed by atoms with van der Waals surface area (Å²) in [6, 6.07) is 20.3. The second kappa shape index (κ2) is 10.5. The molecule has 0 saturated heterocycles. The third-order valence-corrected chi connectivity index (χ3v) is 6.74. The topological polar surface area (TPSA) is 75.7 Å². The van der Waals surface area contributed by atoms with Crippen LogP contribution in [-0.4, -0.2) is 27.5 Å². The molecule has 0 fully saturated rings. The smallest absolute Gasteiger partial charge is 0.264 e. The molecule has 0 heterocycles. The van der Waals surface area contributed by atoms with E-state index in [2.05, 4.69) is 5.32 Å². The number of halogens is 1. The highest BCUT2D eigenvalue weighted by Gasteiger charge is 2.27. The molecule has 0 aromatic heterocycles. The third-order valence-electron chi connectivity index (χ3n) is 4.72. The van der Waals surface area contributed by atoms with Gasteiger partial charge in [0.05, 0.1) is 17.2 Å². The van der Waals surface area contributed by atoms with Crippen molar-refractivity contribution in [1.29, 1.82) is 0 Å². The predicted octanol–water partition coefficient (Wildman–Crippen LogP) is 4.56. The Kier molecular flexibility index (Phi) is 7.77. The number of aryl methyl sites for hydroxylation is 1. The van der Waals surface area contributed by atoms with Crippen LogP contribution in [-0.2, 0) is 21.4 Å². The molecule has 32 heavy (non-hydrogen) atoms. The van der Waals surface area contributed by atoms with Gasteiger partial charge in [-0.25, -0.2) is 8.42 Å². The molecule has 3 aromatic carbocycles. The SMILES string of the molecule is CCOc1ccc(CNC(=O)CN(c2cccc(Cl)c2)S(=O)(=O)c2ccc(C)cc2)cc1. The van der Waals surface area contributed by atoms with E-state index < -0.39 is 15.9 Å². The van der Waals surface area contributed by atoms with E-state index in [0.29, 0.717) is 17.3 Å². The lowest BCUT2D eigenvalue weighted by Gasteiger charge is -2.24. The zero-order valence-electron chi connectivity index (χ0n) is 17.9. The lowest BCUT2D eigenvalue weighted by Crippen LogP contribution is -2.40. The van der Waals surface area contributed by atoms with Crippen molar-refractivity contribution in [2.75, 3.05) is 17.5 Å². The molecule has 0 aliphatic rings. The Morgan fingerprint density at radius 3 is 2.34 bits per heavy atom. The van der Waals surface area contributed by atoms with Crippen LogP contribution in [0.3, 0.4) is 0 Å². The summed E-state index contributed by atoms with van der Waals surface area (Å²) in [5.41, 5.74) is 2.12. The van der Waals surface area contributed by atoms with Crippen LogP contribution in [0.5, 0.6) is 5.75 Å². The van der Waals surface area contributed by atoms with Gasteiger partial charge < -0.3 is 10.1 Å². The van der Waals surface area contributed by atoms with E-state index >= 15 is 0 Å². The Morgan fingerprint density at radius 2 is 1.72 bits per heavy atom. The van der Waals surface area contributed by atoms with Gasteiger partial charge in [-0.1, -0.05) is 47.5 Å². The molecule has 168 valence electrons. The molecule has 0 radical (unpaired) electrons. The molecular formula is C24H25ClN2O4S. The largest absolute Gasteiger partial charge is 0.494 e. The van der Waals surface area contributed by atoms with Crippen molar-refractivity contribution < 1.29 is 17.9 Å². The molecule has 1 N–H and O–H groups in total. The second-order valence-electron chi connectivity index (χ2n) is 7.16. The quantitative estimate of drug-likeness (QED) is 0.495. The monoisotopic (exact) mass is 472 g/mol. The van der Waals surface area contributed by atoms with E-state index in [1.54, 1.807) is 30.3 Å². The lowest BCUT2D eigenvalue weighted by atomic mass is 10.2. The van der Waals surface area contributed by atoms with Gasteiger partial charge in [-0.05, 0) is 61.9 Å². The zero-order chi connectivity index (χ0) is 23.1. The van der Waals surface area contributed by atoms with Crippen molar-refractivity contribution in [3.8, 4) is 5.75 Å². The highest BCUT2D eigenvalue weighted by molar-refractivity contribution is 7.92. The fraction of sp³-hybridized carbons (Fsp3) is 0.208. The zero-order valence-corrected chi connectivity index (χ0v) is 19.5. The average molecular weight is 473 g/mol. The molecule has 0 atom stereocenters. The Balaban J connectivity index is 1.79. The van der Waals surface area contributed by atoms with Gasteiger partial charge in [0.25, 0.3) is 10.0 Å². The molecule has 3 rings (SSSR count). The van der Waals surface area contributed by atoms with Crippen LogP contribution >= 0.6 is 11.6 Å². The Hall–Kier alpha value is -3.03. The number of carbonyl (C=O) groups is 1. The molecule has 0 aliphatic heterocycles. The van der Waals surface area contributed by atoms with Gasteiger partial charge in [-0.15, -0.1) is 0 Å². The first-order chi connectivity index (χ1) is 15.3. The summed E-state index contributed by atoms with van der Waals surface area (Å²) in [6.07, 6.45) is 0. The minimum Gasteiger partial charge on any atom is -0.494 e. The molecule has 0 saturated carbocycles. The summed E-state index contributed by atoms with van der Waals surface area (Å²) in [7, 11) is -3.98.